The lowest BCUT2D eigenvalue weighted by atomic mass is 10.0. The first-order valence-electron chi connectivity index (χ1n) is 6.28. The average Bonchev–Trinajstić information content (AvgIpc) is 2.80. The molecular weight excluding hydrogens is 242 g/mol. The van der Waals surface area contributed by atoms with Gasteiger partial charge in [-0.15, -0.1) is 0 Å². The maximum absolute atomic E-state index is 12.3. The van der Waals surface area contributed by atoms with Crippen LogP contribution in [-0.2, 0) is 4.79 Å². The number of hydrogen-bond acceptors (Lipinski definition) is 2. The van der Waals surface area contributed by atoms with Crippen LogP contribution >= 0.6 is 0 Å². The first-order chi connectivity index (χ1) is 9.00. The maximum Gasteiger partial charge on any atom is 0.331 e. The van der Waals surface area contributed by atoms with Crippen LogP contribution in [0.3, 0.4) is 0 Å². The summed E-state index contributed by atoms with van der Waals surface area (Å²) in [7, 11) is 0. The summed E-state index contributed by atoms with van der Waals surface area (Å²) in [5.41, 5.74) is 1.84. The fourth-order valence-electron chi connectivity index (χ4n) is 2.41. The molecule has 100 valence electrons. The van der Waals surface area contributed by atoms with Gasteiger partial charge in [0.25, 0.3) is 5.91 Å². The number of rotatable bonds is 2. The van der Waals surface area contributed by atoms with Crippen molar-refractivity contribution < 1.29 is 14.7 Å². The van der Waals surface area contributed by atoms with Gasteiger partial charge < -0.3 is 10.0 Å². The number of hydrogen-bond donors (Lipinski definition) is 1. The third-order valence-electron chi connectivity index (χ3n) is 3.56. The highest BCUT2D eigenvalue weighted by Crippen LogP contribution is 2.26. The lowest BCUT2D eigenvalue weighted by Crippen LogP contribution is -2.28. The Morgan fingerprint density at radius 2 is 1.89 bits per heavy atom. The van der Waals surface area contributed by atoms with E-state index >= 15 is 0 Å². The van der Waals surface area contributed by atoms with Crippen LogP contribution in [0.1, 0.15) is 24.2 Å². The van der Waals surface area contributed by atoms with Crippen molar-refractivity contribution in [2.75, 3.05) is 13.1 Å². The van der Waals surface area contributed by atoms with E-state index in [2.05, 4.69) is 0 Å². The van der Waals surface area contributed by atoms with E-state index in [0.29, 0.717) is 24.2 Å². The zero-order chi connectivity index (χ0) is 14.0. The van der Waals surface area contributed by atoms with Crippen molar-refractivity contribution in [2.45, 2.75) is 13.8 Å². The molecule has 1 fully saturated rings. The first kappa shape index (κ1) is 13.3. The molecule has 1 N–H and O–H groups in total. The van der Waals surface area contributed by atoms with E-state index in [1.165, 1.54) is 0 Å². The molecule has 1 aromatic rings. The molecule has 0 radical (unpaired) electrons. The number of nitrogens with zero attached hydrogens (tertiary/aromatic N) is 1. The molecule has 1 aromatic carbocycles. The summed E-state index contributed by atoms with van der Waals surface area (Å²) in [6.07, 6.45) is 0. The smallest absolute Gasteiger partial charge is 0.331 e. The molecule has 1 saturated heterocycles. The minimum Gasteiger partial charge on any atom is -0.478 e. The largest absolute Gasteiger partial charge is 0.478 e. The second-order valence-corrected chi connectivity index (χ2v) is 4.91. The van der Waals surface area contributed by atoms with E-state index in [1.54, 1.807) is 24.0 Å². The van der Waals surface area contributed by atoms with Crippen molar-refractivity contribution in [3.63, 3.8) is 0 Å². The molecule has 1 aliphatic rings. The zero-order valence-electron chi connectivity index (χ0n) is 11.1. The summed E-state index contributed by atoms with van der Waals surface area (Å²) in [5, 5.41) is 9.04. The lowest BCUT2D eigenvalue weighted by molar-refractivity contribution is -0.132. The molecule has 1 unspecified atom stereocenters. The fourth-order valence-corrected chi connectivity index (χ4v) is 2.41. The van der Waals surface area contributed by atoms with Crippen molar-refractivity contribution >= 4 is 11.9 Å². The van der Waals surface area contributed by atoms with Crippen molar-refractivity contribution in [3.05, 3.63) is 47.0 Å². The topological polar surface area (TPSA) is 57.6 Å². The summed E-state index contributed by atoms with van der Waals surface area (Å²) in [6, 6.07) is 9.07. The minimum atomic E-state index is -0.907. The number of carbonyl (C=O) groups is 2. The molecule has 1 atom stereocenters. The van der Waals surface area contributed by atoms with Gasteiger partial charge in [-0.1, -0.05) is 25.1 Å². The first-order valence-corrected chi connectivity index (χ1v) is 6.28. The minimum absolute atomic E-state index is 0.0411. The van der Waals surface area contributed by atoms with Crippen LogP contribution in [0.4, 0.5) is 0 Å². The lowest BCUT2D eigenvalue weighted by Gasteiger charge is -2.15. The molecule has 4 nitrogen and oxygen atoms in total. The summed E-state index contributed by atoms with van der Waals surface area (Å²) in [6.45, 7) is 4.55. The Balaban J connectivity index is 2.20. The van der Waals surface area contributed by atoms with Crippen LogP contribution in [0.25, 0.3) is 0 Å². The Bertz CT molecular complexity index is 534. The third kappa shape index (κ3) is 2.67. The molecule has 2 rings (SSSR count). The van der Waals surface area contributed by atoms with Crippen molar-refractivity contribution in [2.24, 2.45) is 5.92 Å². The van der Waals surface area contributed by atoms with Crippen LogP contribution in [0.2, 0.25) is 0 Å². The molecule has 0 bridgehead atoms. The summed E-state index contributed by atoms with van der Waals surface area (Å²) in [5.74, 6) is -0.847. The quantitative estimate of drug-likeness (QED) is 0.828. The number of aliphatic carboxylic acids is 1. The maximum atomic E-state index is 12.3. The number of carbonyl (C=O) groups excluding carboxylic acids is 1. The standard InChI is InChI=1S/C15H17NO3/c1-10-8-16(9-13(10)11(2)15(18)19)14(17)12-6-4-3-5-7-12/h3-7,10H,8-9H2,1-2H3,(H,18,19)/b13-11-. The van der Waals surface area contributed by atoms with Gasteiger partial charge in [0.1, 0.15) is 0 Å². The van der Waals surface area contributed by atoms with Gasteiger partial charge in [0.15, 0.2) is 0 Å². The molecule has 0 aromatic heterocycles. The van der Waals surface area contributed by atoms with Crippen molar-refractivity contribution in [1.82, 2.24) is 4.90 Å². The van der Waals surface area contributed by atoms with E-state index < -0.39 is 5.97 Å². The Morgan fingerprint density at radius 3 is 2.47 bits per heavy atom. The van der Waals surface area contributed by atoms with Crippen LogP contribution in [0.5, 0.6) is 0 Å². The zero-order valence-corrected chi connectivity index (χ0v) is 11.1. The van der Waals surface area contributed by atoms with Crippen LogP contribution in [0, 0.1) is 5.92 Å². The van der Waals surface area contributed by atoms with Crippen molar-refractivity contribution in [1.29, 1.82) is 0 Å². The fraction of sp³-hybridized carbons (Fsp3) is 0.333. The van der Waals surface area contributed by atoms with E-state index in [4.69, 9.17) is 5.11 Å². The predicted molar refractivity (Wildman–Crippen MR) is 71.8 cm³/mol. The predicted octanol–water partition coefficient (Wildman–Crippen LogP) is 2.18. The molecule has 0 spiro atoms. The molecule has 1 amide bonds. The highest BCUT2D eigenvalue weighted by atomic mass is 16.4. The van der Waals surface area contributed by atoms with E-state index in [1.807, 2.05) is 25.1 Å². The Labute approximate surface area is 112 Å². The summed E-state index contributed by atoms with van der Waals surface area (Å²) in [4.78, 5) is 25.0. The van der Waals surface area contributed by atoms with E-state index in [0.717, 1.165) is 5.57 Å². The number of amides is 1. The molecule has 0 saturated carbocycles. The SMILES string of the molecule is C/C(C(=O)O)=C1\CN(C(=O)c2ccccc2)CC1C. The van der Waals surface area contributed by atoms with Gasteiger partial charge in [0.2, 0.25) is 0 Å². The molecular formula is C15H17NO3. The molecule has 19 heavy (non-hydrogen) atoms. The van der Waals surface area contributed by atoms with Gasteiger partial charge in [-0.05, 0) is 30.5 Å². The Morgan fingerprint density at radius 1 is 1.26 bits per heavy atom. The second-order valence-electron chi connectivity index (χ2n) is 4.91. The van der Waals surface area contributed by atoms with Gasteiger partial charge in [-0.25, -0.2) is 4.79 Å². The molecule has 1 aliphatic heterocycles. The van der Waals surface area contributed by atoms with Gasteiger partial charge in [0, 0.05) is 24.2 Å². The highest BCUT2D eigenvalue weighted by molar-refractivity contribution is 5.95. The van der Waals surface area contributed by atoms with Crippen LogP contribution in [0.15, 0.2) is 41.5 Å². The van der Waals surface area contributed by atoms with Crippen LogP contribution < -0.4 is 0 Å². The monoisotopic (exact) mass is 259 g/mol. The molecule has 0 aliphatic carbocycles. The Kier molecular flexibility index (Phi) is 3.69. The summed E-state index contributed by atoms with van der Waals surface area (Å²) >= 11 is 0. The third-order valence-corrected chi connectivity index (χ3v) is 3.56. The van der Waals surface area contributed by atoms with Gasteiger partial charge in [-0.2, -0.15) is 0 Å². The molecule has 1 heterocycles. The number of carboxylic acid groups (broad SMARTS) is 1. The second kappa shape index (κ2) is 5.26. The van der Waals surface area contributed by atoms with Gasteiger partial charge in [-0.3, -0.25) is 4.79 Å². The van der Waals surface area contributed by atoms with E-state index in [-0.39, 0.29) is 11.8 Å². The highest BCUT2D eigenvalue weighted by Gasteiger charge is 2.30. The van der Waals surface area contributed by atoms with Gasteiger partial charge >= 0.3 is 5.97 Å². The van der Waals surface area contributed by atoms with E-state index in [9.17, 15) is 9.59 Å². The van der Waals surface area contributed by atoms with Gasteiger partial charge in [0.05, 0.1) is 0 Å². The average molecular weight is 259 g/mol. The van der Waals surface area contributed by atoms with Crippen molar-refractivity contribution in [3.8, 4) is 0 Å². The van der Waals surface area contributed by atoms with Crippen LogP contribution in [-0.4, -0.2) is 35.0 Å². The number of carboxylic acids is 1. The number of benzene rings is 1. The normalized spacial score (nSPS) is 21.4. The molecule has 4 heteroatoms. The Hall–Kier alpha value is -2.10. The summed E-state index contributed by atoms with van der Waals surface area (Å²) < 4.78 is 0. The number of likely N-dealkylation sites (tertiary alicyclic amines) is 1.